The lowest BCUT2D eigenvalue weighted by Gasteiger charge is -2.21. The molecule has 2 aromatic rings. The first-order valence-corrected chi connectivity index (χ1v) is 8.19. The van der Waals surface area contributed by atoms with E-state index in [0.29, 0.717) is 12.1 Å². The van der Waals surface area contributed by atoms with Crippen molar-refractivity contribution in [3.8, 4) is 11.1 Å². The molecule has 0 heterocycles. The summed E-state index contributed by atoms with van der Waals surface area (Å²) in [5.74, 6) is -0.564. The first-order valence-electron chi connectivity index (χ1n) is 7.82. The number of hydrogen-bond acceptors (Lipinski definition) is 4. The molecule has 0 radical (unpaired) electrons. The monoisotopic (exact) mass is 360 g/mol. The van der Waals surface area contributed by atoms with Crippen molar-refractivity contribution in [2.24, 2.45) is 0 Å². The van der Waals surface area contributed by atoms with Crippen LogP contribution >= 0.6 is 11.8 Å². The molecule has 2 N–H and O–H groups in total. The van der Waals surface area contributed by atoms with Crippen LogP contribution in [0.4, 0.5) is 0 Å². The molecular weight excluding hydrogens is 340 g/mol. The molecule has 1 amide bonds. The standard InChI is InChI=1S/C19H21ClN2O3/c1-19(2,22-20)18(24)21-12-13-8-10-14(11-9-13)15-6-4-5-7-16(15)17(23)25-3/h4-11,22H,12H2,1-3H3,(H,21,24). The summed E-state index contributed by atoms with van der Waals surface area (Å²) in [4.78, 5) is 26.3. The van der Waals surface area contributed by atoms with Crippen molar-refractivity contribution in [2.75, 3.05) is 7.11 Å². The molecule has 0 aliphatic rings. The maximum absolute atomic E-state index is 12.0. The number of carbonyl (C=O) groups excluding carboxylic acids is 2. The molecule has 6 heteroatoms. The SMILES string of the molecule is COC(=O)c1ccccc1-c1ccc(CNC(=O)C(C)(C)NCl)cc1. The van der Waals surface area contributed by atoms with Gasteiger partial charge >= 0.3 is 5.97 Å². The summed E-state index contributed by atoms with van der Waals surface area (Å²) in [7, 11) is 1.36. The van der Waals surface area contributed by atoms with E-state index in [9.17, 15) is 9.59 Å². The van der Waals surface area contributed by atoms with Crippen molar-refractivity contribution >= 4 is 23.7 Å². The molecule has 2 rings (SSSR count). The molecule has 0 saturated heterocycles. The predicted octanol–water partition coefficient (Wildman–Crippen LogP) is 3.28. The highest BCUT2D eigenvalue weighted by Gasteiger charge is 2.25. The van der Waals surface area contributed by atoms with Gasteiger partial charge in [-0.2, -0.15) is 0 Å². The number of methoxy groups -OCH3 is 1. The molecule has 0 spiro atoms. The van der Waals surface area contributed by atoms with E-state index in [4.69, 9.17) is 16.5 Å². The van der Waals surface area contributed by atoms with Crippen LogP contribution < -0.4 is 10.2 Å². The van der Waals surface area contributed by atoms with Crippen molar-refractivity contribution < 1.29 is 14.3 Å². The number of halogens is 1. The van der Waals surface area contributed by atoms with Gasteiger partial charge in [0.25, 0.3) is 0 Å². The molecule has 0 atom stereocenters. The molecule has 0 aromatic heterocycles. The number of carbonyl (C=O) groups is 2. The summed E-state index contributed by atoms with van der Waals surface area (Å²) in [5, 5.41) is 2.83. The van der Waals surface area contributed by atoms with Crippen LogP contribution in [-0.2, 0) is 16.1 Å². The summed E-state index contributed by atoms with van der Waals surface area (Å²) in [6.07, 6.45) is 0. The van der Waals surface area contributed by atoms with Crippen molar-refractivity contribution in [3.63, 3.8) is 0 Å². The van der Waals surface area contributed by atoms with Crippen LogP contribution in [0.3, 0.4) is 0 Å². The third-order valence-electron chi connectivity index (χ3n) is 3.85. The Bertz CT molecular complexity index is 758. The van der Waals surface area contributed by atoms with Gasteiger partial charge in [-0.25, -0.2) is 9.63 Å². The molecule has 25 heavy (non-hydrogen) atoms. The molecule has 132 valence electrons. The highest BCUT2D eigenvalue weighted by atomic mass is 35.5. The van der Waals surface area contributed by atoms with Crippen LogP contribution in [0.15, 0.2) is 48.5 Å². The smallest absolute Gasteiger partial charge is 0.338 e. The van der Waals surface area contributed by atoms with Crippen LogP contribution in [0.1, 0.15) is 29.8 Å². The number of ether oxygens (including phenoxy) is 1. The van der Waals surface area contributed by atoms with Gasteiger partial charge < -0.3 is 10.1 Å². The fraction of sp³-hybridized carbons (Fsp3) is 0.263. The lowest BCUT2D eigenvalue weighted by Crippen LogP contribution is -2.48. The Kier molecular flexibility index (Phi) is 6.17. The average Bonchev–Trinajstić information content (AvgIpc) is 2.65. The second kappa shape index (κ2) is 8.14. The second-order valence-corrected chi connectivity index (χ2v) is 6.33. The Morgan fingerprint density at radius 2 is 1.72 bits per heavy atom. The lowest BCUT2D eigenvalue weighted by molar-refractivity contribution is -0.125. The first kappa shape index (κ1) is 19.0. The van der Waals surface area contributed by atoms with Crippen LogP contribution in [0, 0.1) is 0 Å². The quantitative estimate of drug-likeness (QED) is 0.612. The second-order valence-electron chi connectivity index (χ2n) is 6.14. The first-order chi connectivity index (χ1) is 11.9. The Balaban J connectivity index is 2.14. The van der Waals surface area contributed by atoms with Gasteiger partial charge in [-0.15, -0.1) is 0 Å². The minimum atomic E-state index is -0.846. The largest absolute Gasteiger partial charge is 0.465 e. The van der Waals surface area contributed by atoms with Crippen LogP contribution in [-0.4, -0.2) is 24.5 Å². The van der Waals surface area contributed by atoms with Gasteiger partial charge in [0.2, 0.25) is 5.91 Å². The lowest BCUT2D eigenvalue weighted by atomic mass is 9.98. The van der Waals surface area contributed by atoms with Crippen LogP contribution in [0.5, 0.6) is 0 Å². The van der Waals surface area contributed by atoms with E-state index in [0.717, 1.165) is 16.7 Å². The molecule has 0 aliphatic heterocycles. The van der Waals surface area contributed by atoms with Gasteiger partial charge in [0.05, 0.1) is 12.7 Å². The topological polar surface area (TPSA) is 67.4 Å². The summed E-state index contributed by atoms with van der Waals surface area (Å²) in [5.41, 5.74) is 2.32. The molecule has 0 saturated carbocycles. The van der Waals surface area contributed by atoms with Crippen molar-refractivity contribution in [1.82, 2.24) is 10.2 Å². The molecule has 5 nitrogen and oxygen atoms in total. The molecule has 0 bridgehead atoms. The van der Waals surface area contributed by atoms with E-state index in [2.05, 4.69) is 10.2 Å². The minimum absolute atomic E-state index is 0.192. The van der Waals surface area contributed by atoms with E-state index in [1.54, 1.807) is 26.0 Å². The third kappa shape index (κ3) is 4.59. The summed E-state index contributed by atoms with van der Waals surface area (Å²) < 4.78 is 4.83. The Morgan fingerprint density at radius 3 is 2.32 bits per heavy atom. The number of rotatable bonds is 6. The van der Waals surface area contributed by atoms with E-state index >= 15 is 0 Å². The van der Waals surface area contributed by atoms with Gasteiger partial charge in [-0.3, -0.25) is 4.79 Å². The number of nitrogens with one attached hydrogen (secondary N) is 2. The van der Waals surface area contributed by atoms with Gasteiger partial charge in [-0.1, -0.05) is 42.5 Å². The zero-order valence-electron chi connectivity index (χ0n) is 14.4. The van der Waals surface area contributed by atoms with E-state index in [1.807, 2.05) is 36.4 Å². The van der Waals surface area contributed by atoms with E-state index in [1.165, 1.54) is 7.11 Å². The van der Waals surface area contributed by atoms with E-state index in [-0.39, 0.29) is 11.9 Å². The highest BCUT2D eigenvalue weighted by Crippen LogP contribution is 2.24. The van der Waals surface area contributed by atoms with Gasteiger partial charge in [-0.05, 0) is 48.4 Å². The molecule has 0 fully saturated rings. The van der Waals surface area contributed by atoms with Gasteiger partial charge in [0, 0.05) is 6.54 Å². The van der Waals surface area contributed by atoms with Crippen LogP contribution in [0.25, 0.3) is 11.1 Å². The zero-order chi connectivity index (χ0) is 18.4. The molecule has 0 unspecified atom stereocenters. The molecule has 2 aromatic carbocycles. The van der Waals surface area contributed by atoms with Crippen molar-refractivity contribution in [3.05, 3.63) is 59.7 Å². The normalized spacial score (nSPS) is 11.0. The summed E-state index contributed by atoms with van der Waals surface area (Å²) in [6, 6.07) is 14.9. The Hall–Kier alpha value is -2.37. The minimum Gasteiger partial charge on any atom is -0.465 e. The Labute approximate surface area is 152 Å². The summed E-state index contributed by atoms with van der Waals surface area (Å²) in [6.45, 7) is 3.78. The summed E-state index contributed by atoms with van der Waals surface area (Å²) >= 11 is 5.56. The van der Waals surface area contributed by atoms with Gasteiger partial charge in [0.15, 0.2) is 0 Å². The van der Waals surface area contributed by atoms with E-state index < -0.39 is 5.54 Å². The van der Waals surface area contributed by atoms with Gasteiger partial charge in [0.1, 0.15) is 5.54 Å². The highest BCUT2D eigenvalue weighted by molar-refractivity contribution is 6.15. The maximum atomic E-state index is 12.0. The fourth-order valence-electron chi connectivity index (χ4n) is 2.27. The number of amides is 1. The van der Waals surface area contributed by atoms with Crippen molar-refractivity contribution in [2.45, 2.75) is 25.9 Å². The number of hydrogen-bond donors (Lipinski definition) is 2. The molecular formula is C19H21ClN2O3. The zero-order valence-corrected chi connectivity index (χ0v) is 15.2. The maximum Gasteiger partial charge on any atom is 0.338 e. The number of esters is 1. The van der Waals surface area contributed by atoms with Crippen molar-refractivity contribution in [1.29, 1.82) is 0 Å². The molecule has 0 aliphatic carbocycles. The Morgan fingerprint density at radius 1 is 1.08 bits per heavy atom. The average molecular weight is 361 g/mol. The van der Waals surface area contributed by atoms with Crippen LogP contribution in [0.2, 0.25) is 0 Å². The fourth-order valence-corrected chi connectivity index (χ4v) is 2.36. The predicted molar refractivity (Wildman–Crippen MR) is 98.1 cm³/mol. The number of benzene rings is 2. The third-order valence-corrected chi connectivity index (χ3v) is 4.33.